The number of ether oxygens (including phenoxy) is 1. The molecule has 2 aliphatic carbocycles. The average molecular weight is 468 g/mol. The van der Waals surface area contributed by atoms with Gasteiger partial charge in [0.1, 0.15) is 10.6 Å². The number of benzene rings is 1. The summed E-state index contributed by atoms with van der Waals surface area (Å²) in [7, 11) is 1.67. The molecule has 7 heteroatoms. The highest BCUT2D eigenvalue weighted by atomic mass is 32.1. The molecule has 0 radical (unpaired) electrons. The van der Waals surface area contributed by atoms with Crippen molar-refractivity contribution in [2.24, 2.45) is 0 Å². The Morgan fingerprint density at radius 1 is 1.30 bits per heavy atom. The van der Waals surface area contributed by atoms with E-state index < -0.39 is 5.60 Å². The second kappa shape index (κ2) is 9.57. The van der Waals surface area contributed by atoms with E-state index in [1.165, 1.54) is 16.9 Å². The Morgan fingerprint density at radius 2 is 2.15 bits per heavy atom. The van der Waals surface area contributed by atoms with Gasteiger partial charge in [-0.3, -0.25) is 9.36 Å². The van der Waals surface area contributed by atoms with Gasteiger partial charge in [-0.1, -0.05) is 31.4 Å². The lowest BCUT2D eigenvalue weighted by Crippen LogP contribution is -2.47. The molecule has 0 saturated heterocycles. The van der Waals surface area contributed by atoms with Crippen LogP contribution >= 0.6 is 11.3 Å². The second-order valence-electron chi connectivity index (χ2n) is 9.63. The summed E-state index contributed by atoms with van der Waals surface area (Å²) in [6.45, 7) is 1.27. The molecule has 1 aromatic carbocycles. The largest absolute Gasteiger partial charge is 0.497 e. The summed E-state index contributed by atoms with van der Waals surface area (Å²) < 4.78 is 7.06. The number of rotatable bonds is 7. The number of fused-ring (bicyclic) bond motifs is 3. The number of methoxy groups -OCH3 is 1. The molecule has 2 N–H and O–H groups in total. The summed E-state index contributed by atoms with van der Waals surface area (Å²) in [5, 5.41) is 15.3. The van der Waals surface area contributed by atoms with Gasteiger partial charge in [-0.05, 0) is 61.8 Å². The molecule has 2 aromatic heterocycles. The Hall–Kier alpha value is -2.22. The van der Waals surface area contributed by atoms with E-state index in [0.717, 1.165) is 72.9 Å². The van der Waals surface area contributed by atoms with Crippen LogP contribution in [0.4, 0.5) is 0 Å². The van der Waals surface area contributed by atoms with E-state index in [4.69, 9.17) is 4.74 Å². The first kappa shape index (κ1) is 22.6. The van der Waals surface area contributed by atoms with E-state index in [0.29, 0.717) is 19.1 Å². The van der Waals surface area contributed by atoms with E-state index in [-0.39, 0.29) is 5.56 Å². The molecule has 2 aliphatic rings. The fraction of sp³-hybridized carbons (Fsp3) is 0.538. The zero-order valence-electron chi connectivity index (χ0n) is 19.3. The highest BCUT2D eigenvalue weighted by Gasteiger charge is 2.31. The van der Waals surface area contributed by atoms with Gasteiger partial charge in [-0.2, -0.15) is 0 Å². The molecule has 1 saturated carbocycles. The minimum absolute atomic E-state index is 0.0725. The molecular weight excluding hydrogens is 434 g/mol. The van der Waals surface area contributed by atoms with Crippen LogP contribution in [0.2, 0.25) is 0 Å². The lowest BCUT2D eigenvalue weighted by atomic mass is 9.84. The lowest BCUT2D eigenvalue weighted by Gasteiger charge is -2.34. The lowest BCUT2D eigenvalue weighted by molar-refractivity contribution is 0.00233. The van der Waals surface area contributed by atoms with E-state index in [9.17, 15) is 9.90 Å². The average Bonchev–Trinajstić information content (AvgIpc) is 3.21. The van der Waals surface area contributed by atoms with Crippen LogP contribution in [0.25, 0.3) is 10.2 Å². The van der Waals surface area contributed by atoms with Crippen LogP contribution in [0.1, 0.15) is 54.5 Å². The van der Waals surface area contributed by atoms with Crippen LogP contribution < -0.4 is 15.6 Å². The van der Waals surface area contributed by atoms with E-state index >= 15 is 0 Å². The van der Waals surface area contributed by atoms with Crippen molar-refractivity contribution in [1.29, 1.82) is 0 Å². The Kier molecular flexibility index (Phi) is 6.54. The van der Waals surface area contributed by atoms with Crippen molar-refractivity contribution < 1.29 is 9.84 Å². The molecule has 1 unspecified atom stereocenters. The molecule has 6 nitrogen and oxygen atoms in total. The molecule has 0 spiro atoms. The monoisotopic (exact) mass is 467 g/mol. The maximum absolute atomic E-state index is 13.3. The number of aromatic nitrogens is 2. The van der Waals surface area contributed by atoms with Crippen LogP contribution in [0.5, 0.6) is 5.75 Å². The highest BCUT2D eigenvalue weighted by molar-refractivity contribution is 7.18. The summed E-state index contributed by atoms with van der Waals surface area (Å²) in [5.74, 6) is 0.832. The normalized spacial score (nSPS) is 20.0. The van der Waals surface area contributed by atoms with E-state index in [1.54, 1.807) is 29.3 Å². The molecule has 2 heterocycles. The first-order valence-corrected chi connectivity index (χ1v) is 12.9. The summed E-state index contributed by atoms with van der Waals surface area (Å²) in [6.07, 6.45) is 10.5. The maximum Gasteiger partial charge on any atom is 0.262 e. The number of nitrogens with one attached hydrogen (secondary N) is 1. The zero-order valence-corrected chi connectivity index (χ0v) is 20.1. The van der Waals surface area contributed by atoms with Gasteiger partial charge in [0.15, 0.2) is 0 Å². The number of thiophene rings is 1. The number of aryl methyl sites for hydroxylation is 3. The van der Waals surface area contributed by atoms with Crippen LogP contribution in [0, 0.1) is 0 Å². The predicted octanol–water partition coefficient (Wildman–Crippen LogP) is 3.85. The Labute approximate surface area is 198 Å². The van der Waals surface area contributed by atoms with Crippen LogP contribution in [-0.4, -0.2) is 40.0 Å². The molecule has 0 aliphatic heterocycles. The summed E-state index contributed by atoms with van der Waals surface area (Å²) in [6, 6.07) is 8.33. The maximum atomic E-state index is 13.3. The molecule has 1 atom stereocenters. The van der Waals surface area contributed by atoms with Gasteiger partial charge in [0, 0.05) is 24.0 Å². The summed E-state index contributed by atoms with van der Waals surface area (Å²) in [4.78, 5) is 20.1. The smallest absolute Gasteiger partial charge is 0.262 e. The van der Waals surface area contributed by atoms with Gasteiger partial charge in [0.05, 0.1) is 24.4 Å². The van der Waals surface area contributed by atoms with Gasteiger partial charge >= 0.3 is 0 Å². The summed E-state index contributed by atoms with van der Waals surface area (Å²) in [5.41, 5.74) is 1.86. The third kappa shape index (κ3) is 4.86. The van der Waals surface area contributed by atoms with Crippen molar-refractivity contribution in [3.8, 4) is 5.75 Å². The molecule has 3 aromatic rings. The topological polar surface area (TPSA) is 76.4 Å². The SMILES string of the molecule is COc1cccc(CCn2cnc3sc4c(c3c2=O)CCC(NCC2(O)CCCCC2)C4)c1. The molecule has 1 fully saturated rings. The fourth-order valence-corrected chi connectivity index (χ4v) is 6.59. The zero-order chi connectivity index (χ0) is 22.8. The van der Waals surface area contributed by atoms with Crippen molar-refractivity contribution in [1.82, 2.24) is 14.9 Å². The van der Waals surface area contributed by atoms with Crippen molar-refractivity contribution in [3.63, 3.8) is 0 Å². The Morgan fingerprint density at radius 3 is 2.97 bits per heavy atom. The van der Waals surface area contributed by atoms with E-state index in [2.05, 4.69) is 16.4 Å². The van der Waals surface area contributed by atoms with Gasteiger partial charge in [-0.25, -0.2) is 4.98 Å². The Bertz CT molecular complexity index is 1180. The minimum Gasteiger partial charge on any atom is -0.497 e. The van der Waals surface area contributed by atoms with Crippen LogP contribution in [-0.2, 0) is 25.8 Å². The standard InChI is InChI=1S/C26H33N3O3S/c1-32-20-7-5-6-18(14-20)10-13-29-17-28-24-23(25(29)30)21-9-8-19(15-22(21)33-24)27-16-26(31)11-3-2-4-12-26/h5-7,14,17,19,27,31H,2-4,8-13,15-16H2,1H3. The van der Waals surface area contributed by atoms with Crippen LogP contribution in [0.3, 0.4) is 0 Å². The second-order valence-corrected chi connectivity index (χ2v) is 10.7. The molecule has 176 valence electrons. The summed E-state index contributed by atoms with van der Waals surface area (Å²) >= 11 is 1.66. The Balaban J connectivity index is 1.29. The van der Waals surface area contributed by atoms with Gasteiger partial charge in [-0.15, -0.1) is 11.3 Å². The van der Waals surface area contributed by atoms with Crippen molar-refractivity contribution in [2.45, 2.75) is 76.0 Å². The van der Waals surface area contributed by atoms with Gasteiger partial charge < -0.3 is 15.2 Å². The van der Waals surface area contributed by atoms with Crippen LogP contribution in [0.15, 0.2) is 35.4 Å². The van der Waals surface area contributed by atoms with Crippen molar-refractivity contribution >= 4 is 21.6 Å². The van der Waals surface area contributed by atoms with Crippen molar-refractivity contribution in [2.75, 3.05) is 13.7 Å². The molecule has 0 amide bonds. The fourth-order valence-electron chi connectivity index (χ4n) is 5.33. The molecule has 33 heavy (non-hydrogen) atoms. The van der Waals surface area contributed by atoms with E-state index in [1.807, 2.05) is 18.2 Å². The van der Waals surface area contributed by atoms with Crippen molar-refractivity contribution in [3.05, 3.63) is 57.0 Å². The number of hydrogen-bond acceptors (Lipinski definition) is 6. The third-order valence-electron chi connectivity index (χ3n) is 7.32. The number of aliphatic hydroxyl groups is 1. The third-order valence-corrected chi connectivity index (χ3v) is 8.48. The minimum atomic E-state index is -0.545. The first-order valence-electron chi connectivity index (χ1n) is 12.1. The van der Waals surface area contributed by atoms with Gasteiger partial charge in [0.25, 0.3) is 5.56 Å². The first-order chi connectivity index (χ1) is 16.0. The molecule has 5 rings (SSSR count). The predicted molar refractivity (Wildman–Crippen MR) is 132 cm³/mol. The molecular formula is C26H33N3O3S. The number of nitrogens with zero attached hydrogens (tertiary/aromatic N) is 2. The van der Waals surface area contributed by atoms with Gasteiger partial charge in [0.2, 0.25) is 0 Å². The number of hydrogen-bond donors (Lipinski definition) is 2. The quantitative estimate of drug-likeness (QED) is 0.552. The molecule has 0 bridgehead atoms. The highest BCUT2D eigenvalue weighted by Crippen LogP contribution is 2.34.